The van der Waals surface area contributed by atoms with E-state index in [9.17, 15) is 23.1 Å². The molecule has 1 N–H and O–H groups in total. The van der Waals surface area contributed by atoms with E-state index < -0.39 is 23.6 Å². The third-order valence-corrected chi connectivity index (χ3v) is 3.00. The van der Waals surface area contributed by atoms with E-state index in [2.05, 4.69) is 4.98 Å². The number of nitrogens with zero attached hydrogens (tertiary/aromatic N) is 1. The van der Waals surface area contributed by atoms with Crippen LogP contribution in [0.1, 0.15) is 17.0 Å². The number of pyridine rings is 1. The summed E-state index contributed by atoms with van der Waals surface area (Å²) in [6, 6.07) is 7.20. The third kappa shape index (κ3) is 3.97. The molecule has 22 heavy (non-hydrogen) atoms. The number of ether oxygens (including phenoxy) is 1. The van der Waals surface area contributed by atoms with Gasteiger partial charge < -0.3 is 9.84 Å². The Morgan fingerprint density at radius 2 is 1.73 bits per heavy atom. The van der Waals surface area contributed by atoms with Gasteiger partial charge in [-0.1, -0.05) is 0 Å². The van der Waals surface area contributed by atoms with E-state index in [4.69, 9.17) is 4.74 Å². The van der Waals surface area contributed by atoms with Crippen LogP contribution in [0.2, 0.25) is 0 Å². The van der Waals surface area contributed by atoms with Crippen LogP contribution in [0.3, 0.4) is 0 Å². The SMILES string of the molecule is O=C(O)C(COc1ccc(C(F)(F)F)cc1)c1ccncc1. The minimum atomic E-state index is -4.42. The van der Waals surface area contributed by atoms with Crippen molar-refractivity contribution in [3.63, 3.8) is 0 Å². The Morgan fingerprint density at radius 1 is 1.14 bits per heavy atom. The van der Waals surface area contributed by atoms with Gasteiger partial charge in [0.1, 0.15) is 18.3 Å². The van der Waals surface area contributed by atoms with Crippen LogP contribution in [-0.2, 0) is 11.0 Å². The molecule has 0 radical (unpaired) electrons. The number of hydrogen-bond acceptors (Lipinski definition) is 3. The van der Waals surface area contributed by atoms with Gasteiger partial charge in [-0.3, -0.25) is 9.78 Å². The van der Waals surface area contributed by atoms with Crippen LogP contribution in [0.5, 0.6) is 5.75 Å². The van der Waals surface area contributed by atoms with Crippen molar-refractivity contribution in [2.45, 2.75) is 12.1 Å². The van der Waals surface area contributed by atoms with Crippen LogP contribution >= 0.6 is 0 Å². The van der Waals surface area contributed by atoms with Crippen molar-refractivity contribution in [1.29, 1.82) is 0 Å². The molecule has 2 rings (SSSR count). The second kappa shape index (κ2) is 6.46. The molecule has 0 fully saturated rings. The summed E-state index contributed by atoms with van der Waals surface area (Å²) >= 11 is 0. The predicted octanol–water partition coefficient (Wildman–Crippen LogP) is 3.35. The van der Waals surface area contributed by atoms with E-state index in [0.717, 1.165) is 24.3 Å². The van der Waals surface area contributed by atoms with Crippen LogP contribution in [0.15, 0.2) is 48.8 Å². The molecule has 1 unspecified atom stereocenters. The Balaban J connectivity index is 2.06. The zero-order valence-corrected chi connectivity index (χ0v) is 11.2. The van der Waals surface area contributed by atoms with Crippen molar-refractivity contribution in [3.05, 3.63) is 59.9 Å². The summed E-state index contributed by atoms with van der Waals surface area (Å²) in [7, 11) is 0. The first-order chi connectivity index (χ1) is 10.4. The van der Waals surface area contributed by atoms with Crippen molar-refractivity contribution in [2.75, 3.05) is 6.61 Å². The number of halogens is 3. The van der Waals surface area contributed by atoms with Crippen molar-refractivity contribution >= 4 is 5.97 Å². The lowest BCUT2D eigenvalue weighted by atomic mass is 10.0. The molecule has 1 aromatic carbocycles. The highest BCUT2D eigenvalue weighted by atomic mass is 19.4. The van der Waals surface area contributed by atoms with E-state index in [1.54, 1.807) is 12.1 Å². The van der Waals surface area contributed by atoms with Gasteiger partial charge in [0.25, 0.3) is 0 Å². The number of carbonyl (C=O) groups is 1. The van der Waals surface area contributed by atoms with Crippen LogP contribution < -0.4 is 4.74 Å². The summed E-state index contributed by atoms with van der Waals surface area (Å²) in [5.74, 6) is -1.84. The van der Waals surface area contributed by atoms with Gasteiger partial charge in [0.2, 0.25) is 0 Å². The molecule has 116 valence electrons. The summed E-state index contributed by atoms with van der Waals surface area (Å²) in [5.41, 5.74) is -0.279. The van der Waals surface area contributed by atoms with Crippen LogP contribution in [-0.4, -0.2) is 22.7 Å². The molecular formula is C15H12F3NO3. The number of benzene rings is 1. The maximum absolute atomic E-state index is 12.4. The quantitative estimate of drug-likeness (QED) is 0.920. The van der Waals surface area contributed by atoms with Crippen molar-refractivity contribution < 1.29 is 27.8 Å². The fraction of sp³-hybridized carbons (Fsp3) is 0.200. The van der Waals surface area contributed by atoms with Crippen molar-refractivity contribution in [2.24, 2.45) is 0 Å². The summed E-state index contributed by atoms with van der Waals surface area (Å²) in [6.07, 6.45) is -1.49. The first kappa shape index (κ1) is 15.8. The Morgan fingerprint density at radius 3 is 2.23 bits per heavy atom. The molecule has 0 bridgehead atoms. The maximum atomic E-state index is 12.4. The molecule has 4 nitrogen and oxygen atoms in total. The molecule has 2 aromatic rings. The van der Waals surface area contributed by atoms with Crippen LogP contribution in [0.4, 0.5) is 13.2 Å². The first-order valence-electron chi connectivity index (χ1n) is 6.30. The summed E-state index contributed by atoms with van der Waals surface area (Å²) < 4.78 is 42.6. The van der Waals surface area contributed by atoms with E-state index in [1.165, 1.54) is 12.4 Å². The van der Waals surface area contributed by atoms with E-state index in [1.807, 2.05) is 0 Å². The average Bonchev–Trinajstić information content (AvgIpc) is 2.48. The van der Waals surface area contributed by atoms with E-state index in [-0.39, 0.29) is 12.4 Å². The lowest BCUT2D eigenvalue weighted by Crippen LogP contribution is -2.19. The van der Waals surface area contributed by atoms with Gasteiger partial charge >= 0.3 is 12.1 Å². The summed E-state index contributed by atoms with van der Waals surface area (Å²) in [6.45, 7) is -0.190. The highest BCUT2D eigenvalue weighted by Crippen LogP contribution is 2.30. The fourth-order valence-corrected chi connectivity index (χ4v) is 1.83. The standard InChI is InChI=1S/C15H12F3NO3/c16-15(17,18)11-1-3-12(4-2-11)22-9-13(14(20)21)10-5-7-19-8-6-10/h1-8,13H,9H2,(H,20,21). The van der Waals surface area contributed by atoms with Gasteiger partial charge in [0, 0.05) is 12.4 Å². The van der Waals surface area contributed by atoms with Crippen LogP contribution in [0, 0.1) is 0 Å². The number of aliphatic carboxylic acids is 1. The number of aromatic nitrogens is 1. The maximum Gasteiger partial charge on any atom is 0.416 e. The summed E-state index contributed by atoms with van der Waals surface area (Å²) in [5, 5.41) is 9.21. The molecule has 1 heterocycles. The molecule has 0 amide bonds. The van der Waals surface area contributed by atoms with E-state index >= 15 is 0 Å². The number of rotatable bonds is 5. The van der Waals surface area contributed by atoms with E-state index in [0.29, 0.717) is 5.56 Å². The fourth-order valence-electron chi connectivity index (χ4n) is 1.83. The molecule has 0 spiro atoms. The highest BCUT2D eigenvalue weighted by molar-refractivity contribution is 5.76. The molecule has 0 saturated heterocycles. The molecule has 1 aromatic heterocycles. The zero-order chi connectivity index (χ0) is 16.2. The second-order valence-electron chi connectivity index (χ2n) is 4.50. The average molecular weight is 311 g/mol. The number of carboxylic acid groups (broad SMARTS) is 1. The number of carboxylic acids is 1. The van der Waals surface area contributed by atoms with Gasteiger partial charge in [-0.25, -0.2) is 0 Å². The molecule has 0 saturated carbocycles. The van der Waals surface area contributed by atoms with Crippen molar-refractivity contribution in [3.8, 4) is 5.75 Å². The lowest BCUT2D eigenvalue weighted by molar-refractivity contribution is -0.139. The summed E-state index contributed by atoms with van der Waals surface area (Å²) in [4.78, 5) is 15.1. The molecule has 7 heteroatoms. The van der Waals surface area contributed by atoms with Gasteiger partial charge in [0.15, 0.2) is 0 Å². The van der Waals surface area contributed by atoms with Crippen molar-refractivity contribution in [1.82, 2.24) is 4.98 Å². The predicted molar refractivity (Wildman–Crippen MR) is 71.6 cm³/mol. The number of hydrogen-bond donors (Lipinski definition) is 1. The Kier molecular flexibility index (Phi) is 4.65. The molecule has 1 atom stereocenters. The molecular weight excluding hydrogens is 299 g/mol. The topological polar surface area (TPSA) is 59.4 Å². The monoisotopic (exact) mass is 311 g/mol. The van der Waals surface area contributed by atoms with Gasteiger partial charge in [0.05, 0.1) is 5.56 Å². The number of alkyl halides is 3. The Labute approximate surface area is 124 Å². The smallest absolute Gasteiger partial charge is 0.416 e. The van der Waals surface area contributed by atoms with Gasteiger partial charge in [-0.2, -0.15) is 13.2 Å². The Bertz CT molecular complexity index is 627. The lowest BCUT2D eigenvalue weighted by Gasteiger charge is -2.14. The first-order valence-corrected chi connectivity index (χ1v) is 6.30. The van der Waals surface area contributed by atoms with Crippen LogP contribution in [0.25, 0.3) is 0 Å². The third-order valence-electron chi connectivity index (χ3n) is 3.00. The minimum Gasteiger partial charge on any atom is -0.492 e. The molecule has 0 aliphatic rings. The normalized spacial score (nSPS) is 12.7. The van der Waals surface area contributed by atoms with Gasteiger partial charge in [-0.15, -0.1) is 0 Å². The zero-order valence-electron chi connectivity index (χ0n) is 11.2. The second-order valence-corrected chi connectivity index (χ2v) is 4.50. The largest absolute Gasteiger partial charge is 0.492 e. The van der Waals surface area contributed by atoms with Gasteiger partial charge in [-0.05, 0) is 42.0 Å². The highest BCUT2D eigenvalue weighted by Gasteiger charge is 2.30. The Hall–Kier alpha value is -2.57. The molecule has 0 aliphatic heterocycles. The molecule has 0 aliphatic carbocycles. The minimum absolute atomic E-state index is 0.174.